The number of esters is 2. The van der Waals surface area contributed by atoms with E-state index in [-0.39, 0.29) is 13.2 Å². The summed E-state index contributed by atoms with van der Waals surface area (Å²) in [6.45, 7) is 8.49. The van der Waals surface area contributed by atoms with E-state index in [2.05, 4.69) is 17.9 Å². The number of hydrogen-bond acceptors (Lipinski definition) is 5. The summed E-state index contributed by atoms with van der Waals surface area (Å²) >= 11 is 0. The first kappa shape index (κ1) is 18.6. The summed E-state index contributed by atoms with van der Waals surface area (Å²) in [5.41, 5.74) is 0. The summed E-state index contributed by atoms with van der Waals surface area (Å²) in [5.74, 6) is -3.50. The van der Waals surface area contributed by atoms with Gasteiger partial charge in [-0.1, -0.05) is 32.2 Å². The Hall–Kier alpha value is -1.43. The molecule has 0 rings (SSSR count). The van der Waals surface area contributed by atoms with Crippen LogP contribution in [0, 0.1) is 5.92 Å². The highest BCUT2D eigenvalue weighted by Crippen LogP contribution is 2.55. The van der Waals surface area contributed by atoms with Gasteiger partial charge in [-0.3, -0.25) is 14.2 Å². The Labute approximate surface area is 117 Å². The van der Waals surface area contributed by atoms with Crippen LogP contribution in [0.3, 0.4) is 0 Å². The largest absolute Gasteiger partial charge is 0.461 e. The van der Waals surface area contributed by atoms with E-state index in [1.54, 1.807) is 0 Å². The average molecular weight is 306 g/mol. The van der Waals surface area contributed by atoms with E-state index in [1.807, 2.05) is 0 Å². The van der Waals surface area contributed by atoms with Gasteiger partial charge in [-0.25, -0.2) is 0 Å². The van der Waals surface area contributed by atoms with Gasteiger partial charge in [0.1, 0.15) is 13.2 Å². The van der Waals surface area contributed by atoms with Crippen LogP contribution < -0.4 is 0 Å². The van der Waals surface area contributed by atoms with Crippen molar-refractivity contribution in [3.63, 3.8) is 0 Å². The zero-order valence-corrected chi connectivity index (χ0v) is 12.3. The molecule has 7 nitrogen and oxygen atoms in total. The lowest BCUT2D eigenvalue weighted by Gasteiger charge is -2.31. The molecule has 0 radical (unpaired) electrons. The van der Waals surface area contributed by atoms with E-state index in [9.17, 15) is 23.9 Å². The monoisotopic (exact) mass is 306 g/mol. The zero-order valence-electron chi connectivity index (χ0n) is 11.4. The van der Waals surface area contributed by atoms with Crippen molar-refractivity contribution in [3.8, 4) is 0 Å². The van der Waals surface area contributed by atoms with E-state index in [0.29, 0.717) is 0 Å². The maximum absolute atomic E-state index is 11.9. The predicted octanol–water partition coefficient (Wildman–Crippen LogP) is 1.02. The Balaban J connectivity index is 5.38. The lowest BCUT2D eigenvalue weighted by molar-refractivity contribution is -0.157. The fraction of sp³-hybridized carbons (Fsp3) is 0.500. The summed E-state index contributed by atoms with van der Waals surface area (Å²) in [4.78, 5) is 42.4. The maximum atomic E-state index is 11.9. The molecule has 2 unspecified atom stereocenters. The molecule has 8 heteroatoms. The molecule has 0 aromatic carbocycles. The second-order valence-corrected chi connectivity index (χ2v) is 6.24. The van der Waals surface area contributed by atoms with Gasteiger partial charge < -0.3 is 19.3 Å². The number of ether oxygens (including phenoxy) is 2. The normalized spacial score (nSPS) is 15.6. The lowest BCUT2D eigenvalue weighted by atomic mass is 9.95. The van der Waals surface area contributed by atoms with Gasteiger partial charge in [0, 0.05) is 0 Å². The molecule has 0 aliphatic rings. The summed E-state index contributed by atoms with van der Waals surface area (Å²) in [7, 11) is -4.96. The van der Waals surface area contributed by atoms with Crippen molar-refractivity contribution >= 4 is 19.5 Å². The van der Waals surface area contributed by atoms with Gasteiger partial charge in [-0.05, 0) is 6.92 Å². The molecule has 0 saturated heterocycles. The number of carbonyl (C=O) groups excluding carboxylic acids is 2. The van der Waals surface area contributed by atoms with Gasteiger partial charge in [-0.15, -0.1) is 0 Å². The second-order valence-electron chi connectivity index (χ2n) is 4.22. The van der Waals surface area contributed by atoms with Crippen molar-refractivity contribution in [2.75, 3.05) is 13.2 Å². The van der Waals surface area contributed by atoms with Crippen molar-refractivity contribution < 1.29 is 33.4 Å². The van der Waals surface area contributed by atoms with E-state index in [0.717, 1.165) is 6.92 Å². The third kappa shape index (κ3) is 4.03. The molecular formula is C12H19O7P. The van der Waals surface area contributed by atoms with E-state index in [4.69, 9.17) is 4.74 Å². The smallest absolute Gasteiger partial charge is 0.343 e. The van der Waals surface area contributed by atoms with Crippen LogP contribution in [0.25, 0.3) is 0 Å². The van der Waals surface area contributed by atoms with Crippen molar-refractivity contribution in [2.45, 2.75) is 19.0 Å². The summed E-state index contributed by atoms with van der Waals surface area (Å²) < 4.78 is 21.0. The van der Waals surface area contributed by atoms with Crippen LogP contribution in [-0.2, 0) is 23.6 Å². The van der Waals surface area contributed by atoms with Gasteiger partial charge in [-0.2, -0.15) is 0 Å². The SMILES string of the molecule is C=CCOC(=O)C(C)C(C)(C(=O)OCC=C)P(=O)(O)O. The van der Waals surface area contributed by atoms with Gasteiger partial charge >= 0.3 is 19.5 Å². The molecule has 114 valence electrons. The predicted molar refractivity (Wildman–Crippen MR) is 71.9 cm³/mol. The molecule has 0 aromatic rings. The minimum Gasteiger partial charge on any atom is -0.461 e. The minimum atomic E-state index is -4.96. The van der Waals surface area contributed by atoms with Crippen molar-refractivity contribution in [2.24, 2.45) is 5.92 Å². The molecule has 0 bridgehead atoms. The van der Waals surface area contributed by atoms with Crippen LogP contribution in [0.2, 0.25) is 0 Å². The Morgan fingerprint density at radius 2 is 1.70 bits per heavy atom. The highest BCUT2D eigenvalue weighted by molar-refractivity contribution is 7.54. The van der Waals surface area contributed by atoms with Crippen LogP contribution >= 0.6 is 7.60 Å². The molecule has 0 amide bonds. The van der Waals surface area contributed by atoms with Gasteiger partial charge in [0.05, 0.1) is 5.92 Å². The second kappa shape index (κ2) is 7.38. The van der Waals surface area contributed by atoms with Crippen LogP contribution in [0.4, 0.5) is 0 Å². The minimum absolute atomic E-state index is 0.123. The standard InChI is InChI=1S/C12H19O7P/c1-5-7-18-10(13)9(3)12(4,20(15,16)17)11(14)19-8-6-2/h5-6,9H,1-2,7-8H2,3-4H3,(H2,15,16,17). The maximum Gasteiger partial charge on any atom is 0.343 e. The lowest BCUT2D eigenvalue weighted by Crippen LogP contribution is -2.46. The summed E-state index contributed by atoms with van der Waals surface area (Å²) in [6, 6.07) is 0. The average Bonchev–Trinajstić information content (AvgIpc) is 2.38. The summed E-state index contributed by atoms with van der Waals surface area (Å²) in [6.07, 6.45) is 2.55. The van der Waals surface area contributed by atoms with E-state index < -0.39 is 30.6 Å². The molecule has 0 spiro atoms. The molecule has 20 heavy (non-hydrogen) atoms. The fourth-order valence-corrected chi connectivity index (χ4v) is 2.24. The van der Waals surface area contributed by atoms with Crippen LogP contribution in [-0.4, -0.2) is 40.1 Å². The Morgan fingerprint density at radius 1 is 1.25 bits per heavy atom. The van der Waals surface area contributed by atoms with E-state index >= 15 is 0 Å². The molecule has 0 fully saturated rings. The molecule has 0 saturated carbocycles. The third-order valence-electron chi connectivity index (χ3n) is 2.89. The van der Waals surface area contributed by atoms with Crippen molar-refractivity contribution in [1.82, 2.24) is 0 Å². The number of hydrogen-bond donors (Lipinski definition) is 2. The van der Waals surface area contributed by atoms with Crippen LogP contribution in [0.15, 0.2) is 25.3 Å². The molecule has 2 atom stereocenters. The first-order valence-electron chi connectivity index (χ1n) is 5.74. The number of carbonyl (C=O) groups is 2. The van der Waals surface area contributed by atoms with Gasteiger partial charge in [0.25, 0.3) is 0 Å². The van der Waals surface area contributed by atoms with Crippen LogP contribution in [0.1, 0.15) is 13.8 Å². The van der Waals surface area contributed by atoms with Gasteiger partial charge in [0.2, 0.25) is 0 Å². The Kier molecular flexibility index (Phi) is 6.85. The van der Waals surface area contributed by atoms with Crippen molar-refractivity contribution in [3.05, 3.63) is 25.3 Å². The Bertz CT molecular complexity index is 439. The first-order valence-corrected chi connectivity index (χ1v) is 7.35. The quantitative estimate of drug-likeness (QED) is 0.391. The highest BCUT2D eigenvalue weighted by Gasteiger charge is 2.57. The highest BCUT2D eigenvalue weighted by atomic mass is 31.2. The molecule has 0 aromatic heterocycles. The molecule has 0 aliphatic heterocycles. The summed E-state index contributed by atoms with van der Waals surface area (Å²) in [5, 5.41) is -2.33. The molecule has 0 heterocycles. The first-order chi connectivity index (χ1) is 9.12. The molecule has 2 N–H and O–H groups in total. The van der Waals surface area contributed by atoms with Crippen LogP contribution in [0.5, 0.6) is 0 Å². The molecule has 0 aliphatic carbocycles. The Morgan fingerprint density at radius 3 is 2.10 bits per heavy atom. The third-order valence-corrected chi connectivity index (χ3v) is 4.67. The fourth-order valence-electron chi connectivity index (χ4n) is 1.32. The van der Waals surface area contributed by atoms with Crippen molar-refractivity contribution in [1.29, 1.82) is 0 Å². The number of rotatable bonds is 8. The van der Waals surface area contributed by atoms with Gasteiger partial charge in [0.15, 0.2) is 5.16 Å². The zero-order chi connectivity index (χ0) is 16.0. The van der Waals surface area contributed by atoms with E-state index in [1.165, 1.54) is 19.1 Å². The topological polar surface area (TPSA) is 110 Å². The molecular weight excluding hydrogens is 287 g/mol.